The molecular formula is C16H31NO. The number of carbonyl (C=O) groups is 1. The molecule has 0 radical (unpaired) electrons. The summed E-state index contributed by atoms with van der Waals surface area (Å²) in [5, 5.41) is 0. The molecule has 1 heterocycles. The predicted octanol–water partition coefficient (Wildman–Crippen LogP) is 4.10. The van der Waals surface area contributed by atoms with Crippen LogP contribution in [0, 0.1) is 16.2 Å². The molecule has 2 nitrogen and oxygen atoms in total. The van der Waals surface area contributed by atoms with Gasteiger partial charge in [-0.2, -0.15) is 0 Å². The van der Waals surface area contributed by atoms with Crippen LogP contribution in [0.5, 0.6) is 0 Å². The first-order valence-electron chi connectivity index (χ1n) is 7.33. The Morgan fingerprint density at radius 2 is 1.39 bits per heavy atom. The molecule has 0 spiro atoms. The number of hydrogen-bond donors (Lipinski definition) is 0. The van der Waals surface area contributed by atoms with Crippen LogP contribution in [0.15, 0.2) is 0 Å². The maximum absolute atomic E-state index is 11.8. The summed E-state index contributed by atoms with van der Waals surface area (Å²) in [5.41, 5.74) is 0.893. The van der Waals surface area contributed by atoms with Crippen LogP contribution < -0.4 is 0 Å². The molecule has 0 aromatic heterocycles. The first-order chi connectivity index (χ1) is 8.05. The van der Waals surface area contributed by atoms with Crippen LogP contribution in [-0.4, -0.2) is 23.9 Å². The highest BCUT2D eigenvalue weighted by Crippen LogP contribution is 2.57. The number of piperidine rings is 1. The van der Waals surface area contributed by atoms with E-state index in [1.165, 1.54) is 0 Å². The third-order valence-electron chi connectivity index (χ3n) is 5.14. The number of likely N-dealkylation sites (tertiary alicyclic amines) is 1. The van der Waals surface area contributed by atoms with Gasteiger partial charge in [0.05, 0.1) is 0 Å². The molecule has 0 N–H and O–H groups in total. The van der Waals surface area contributed by atoms with Crippen molar-refractivity contribution in [2.75, 3.05) is 13.1 Å². The zero-order valence-electron chi connectivity index (χ0n) is 13.4. The second-order valence-corrected chi connectivity index (χ2v) is 7.82. The van der Waals surface area contributed by atoms with Crippen LogP contribution in [0.4, 0.5) is 0 Å². The van der Waals surface area contributed by atoms with Gasteiger partial charge in [-0.3, -0.25) is 4.79 Å². The van der Waals surface area contributed by atoms with E-state index in [2.05, 4.69) is 46.4 Å². The van der Waals surface area contributed by atoms with E-state index in [4.69, 9.17) is 0 Å². The zero-order chi connectivity index (χ0) is 14.2. The van der Waals surface area contributed by atoms with Gasteiger partial charge in [-0.25, -0.2) is 0 Å². The molecule has 1 amide bonds. The molecule has 0 bridgehead atoms. The Labute approximate surface area is 113 Å². The van der Waals surface area contributed by atoms with Crippen molar-refractivity contribution >= 4 is 5.91 Å². The molecule has 0 unspecified atom stereocenters. The normalized spacial score (nSPS) is 20.9. The molecule has 1 aliphatic heterocycles. The van der Waals surface area contributed by atoms with Gasteiger partial charge in [0.25, 0.3) is 0 Å². The van der Waals surface area contributed by atoms with Gasteiger partial charge in [-0.15, -0.1) is 0 Å². The first kappa shape index (κ1) is 15.5. The zero-order valence-corrected chi connectivity index (χ0v) is 13.4. The Morgan fingerprint density at radius 3 is 1.67 bits per heavy atom. The maximum atomic E-state index is 11.8. The molecule has 0 aromatic carbocycles. The molecule has 1 aliphatic rings. The third kappa shape index (κ3) is 2.57. The standard InChI is InChI=1S/C16H31NO/c1-8-13(18)17-11-9-16(10-12-17,14(2,3)4)15(5,6)7/h8-12H2,1-7H3. The predicted molar refractivity (Wildman–Crippen MR) is 77.4 cm³/mol. The lowest BCUT2D eigenvalue weighted by Gasteiger charge is -2.57. The van der Waals surface area contributed by atoms with E-state index in [9.17, 15) is 4.79 Å². The number of nitrogens with zero attached hydrogens (tertiary/aromatic N) is 1. The summed E-state index contributed by atoms with van der Waals surface area (Å²) in [6.45, 7) is 18.0. The van der Waals surface area contributed by atoms with E-state index in [0.717, 1.165) is 25.9 Å². The average molecular weight is 253 g/mol. The van der Waals surface area contributed by atoms with Crippen LogP contribution in [-0.2, 0) is 4.79 Å². The Balaban J connectivity index is 2.92. The van der Waals surface area contributed by atoms with Crippen LogP contribution in [0.1, 0.15) is 67.7 Å². The summed E-state index contributed by atoms with van der Waals surface area (Å²) in [6, 6.07) is 0. The molecule has 1 rings (SSSR count). The average Bonchev–Trinajstić information content (AvgIpc) is 2.25. The monoisotopic (exact) mass is 253 g/mol. The van der Waals surface area contributed by atoms with Crippen LogP contribution in [0.2, 0.25) is 0 Å². The second kappa shape index (κ2) is 4.86. The number of rotatable bonds is 1. The van der Waals surface area contributed by atoms with Crippen molar-refractivity contribution in [1.82, 2.24) is 4.90 Å². The fourth-order valence-electron chi connectivity index (χ4n) is 3.99. The lowest BCUT2D eigenvalue weighted by atomic mass is 9.50. The van der Waals surface area contributed by atoms with Gasteiger partial charge in [0.2, 0.25) is 5.91 Å². The van der Waals surface area contributed by atoms with Gasteiger partial charge in [-0.1, -0.05) is 48.5 Å². The van der Waals surface area contributed by atoms with Gasteiger partial charge in [0, 0.05) is 19.5 Å². The fraction of sp³-hybridized carbons (Fsp3) is 0.938. The third-order valence-corrected chi connectivity index (χ3v) is 5.14. The van der Waals surface area contributed by atoms with Gasteiger partial charge < -0.3 is 4.90 Å². The molecule has 106 valence electrons. The van der Waals surface area contributed by atoms with Crippen molar-refractivity contribution in [2.24, 2.45) is 16.2 Å². The maximum Gasteiger partial charge on any atom is 0.222 e. The summed E-state index contributed by atoms with van der Waals surface area (Å²) >= 11 is 0. The van der Waals surface area contributed by atoms with Crippen LogP contribution in [0.25, 0.3) is 0 Å². The number of hydrogen-bond acceptors (Lipinski definition) is 1. The summed E-state index contributed by atoms with van der Waals surface area (Å²) in [6.07, 6.45) is 2.90. The summed E-state index contributed by atoms with van der Waals surface area (Å²) in [4.78, 5) is 13.9. The van der Waals surface area contributed by atoms with Crippen molar-refractivity contribution in [2.45, 2.75) is 67.7 Å². The van der Waals surface area contributed by atoms with Crippen LogP contribution in [0.3, 0.4) is 0 Å². The van der Waals surface area contributed by atoms with Crippen LogP contribution >= 0.6 is 0 Å². The van der Waals surface area contributed by atoms with Gasteiger partial charge >= 0.3 is 0 Å². The van der Waals surface area contributed by atoms with Gasteiger partial charge in [-0.05, 0) is 29.1 Å². The van der Waals surface area contributed by atoms with Crippen molar-refractivity contribution in [3.05, 3.63) is 0 Å². The lowest BCUT2D eigenvalue weighted by Crippen LogP contribution is -2.54. The summed E-state index contributed by atoms with van der Waals surface area (Å²) in [7, 11) is 0. The molecule has 1 fully saturated rings. The molecule has 2 heteroatoms. The Bertz CT molecular complexity index is 282. The number of amides is 1. The molecule has 0 aliphatic carbocycles. The largest absolute Gasteiger partial charge is 0.343 e. The van der Waals surface area contributed by atoms with Gasteiger partial charge in [0.15, 0.2) is 0 Å². The van der Waals surface area contributed by atoms with Crippen molar-refractivity contribution in [3.63, 3.8) is 0 Å². The number of carbonyl (C=O) groups excluding carboxylic acids is 1. The van der Waals surface area contributed by atoms with Crippen molar-refractivity contribution < 1.29 is 4.79 Å². The highest BCUT2D eigenvalue weighted by molar-refractivity contribution is 5.75. The van der Waals surface area contributed by atoms with E-state index >= 15 is 0 Å². The van der Waals surface area contributed by atoms with Crippen molar-refractivity contribution in [3.8, 4) is 0 Å². The molecule has 0 saturated carbocycles. The molecular weight excluding hydrogens is 222 g/mol. The molecule has 18 heavy (non-hydrogen) atoms. The van der Waals surface area contributed by atoms with E-state index in [0.29, 0.717) is 17.7 Å². The minimum absolute atomic E-state index is 0.284. The van der Waals surface area contributed by atoms with Crippen molar-refractivity contribution in [1.29, 1.82) is 0 Å². The Hall–Kier alpha value is -0.530. The Kier molecular flexibility index (Phi) is 4.19. The summed E-state index contributed by atoms with van der Waals surface area (Å²) in [5.74, 6) is 0.311. The molecule has 1 saturated heterocycles. The van der Waals surface area contributed by atoms with E-state index in [1.807, 2.05) is 6.92 Å². The minimum Gasteiger partial charge on any atom is -0.343 e. The lowest BCUT2D eigenvalue weighted by molar-refractivity contribution is -0.139. The van der Waals surface area contributed by atoms with E-state index in [1.54, 1.807) is 0 Å². The molecule has 0 aromatic rings. The van der Waals surface area contributed by atoms with E-state index in [-0.39, 0.29) is 10.8 Å². The quantitative estimate of drug-likeness (QED) is 0.689. The summed E-state index contributed by atoms with van der Waals surface area (Å²) < 4.78 is 0. The molecule has 0 atom stereocenters. The van der Waals surface area contributed by atoms with Gasteiger partial charge in [0.1, 0.15) is 0 Å². The highest BCUT2D eigenvalue weighted by atomic mass is 16.2. The fourth-order valence-corrected chi connectivity index (χ4v) is 3.99. The highest BCUT2D eigenvalue weighted by Gasteiger charge is 2.51. The smallest absolute Gasteiger partial charge is 0.222 e. The minimum atomic E-state index is 0.284. The first-order valence-corrected chi connectivity index (χ1v) is 7.33. The van der Waals surface area contributed by atoms with E-state index < -0.39 is 0 Å². The Morgan fingerprint density at radius 1 is 1.00 bits per heavy atom. The topological polar surface area (TPSA) is 20.3 Å². The SMILES string of the molecule is CCC(=O)N1CCC(C(C)(C)C)(C(C)(C)C)CC1. The second-order valence-electron chi connectivity index (χ2n) is 7.82.